The van der Waals surface area contributed by atoms with E-state index in [0.717, 1.165) is 37.4 Å². The van der Waals surface area contributed by atoms with Gasteiger partial charge in [-0.05, 0) is 52.9 Å². The highest BCUT2D eigenvalue weighted by atomic mass is 16.7. The molecule has 1 N–H and O–H groups in total. The van der Waals surface area contributed by atoms with Gasteiger partial charge in [-0.3, -0.25) is 9.63 Å². The number of amides is 2. The van der Waals surface area contributed by atoms with Crippen molar-refractivity contribution in [1.29, 1.82) is 0 Å². The van der Waals surface area contributed by atoms with Crippen LogP contribution in [0.1, 0.15) is 52.9 Å². The van der Waals surface area contributed by atoms with Gasteiger partial charge in [-0.1, -0.05) is 0 Å². The standard InChI is InChI=1S/C16H30N2O5/c1-16(2,3)23-15(20)17-13(14(19)18(4)21-5)10-6-8-12-9-7-11-22-12/h12-13H,6-11H2,1-5H3,(H,17,20)/t12?,13-/m0/s1. The maximum absolute atomic E-state index is 12.3. The smallest absolute Gasteiger partial charge is 0.408 e. The lowest BCUT2D eigenvalue weighted by Crippen LogP contribution is -2.48. The number of ether oxygens (including phenoxy) is 2. The fraction of sp³-hybridized carbons (Fsp3) is 0.875. The van der Waals surface area contributed by atoms with Gasteiger partial charge < -0.3 is 14.8 Å². The topological polar surface area (TPSA) is 77.1 Å². The molecule has 0 radical (unpaired) electrons. The third-order valence-electron chi connectivity index (χ3n) is 3.62. The van der Waals surface area contributed by atoms with Crippen molar-refractivity contribution in [1.82, 2.24) is 10.4 Å². The summed E-state index contributed by atoms with van der Waals surface area (Å²) in [6, 6.07) is -0.670. The van der Waals surface area contributed by atoms with Crippen molar-refractivity contribution >= 4 is 12.0 Å². The van der Waals surface area contributed by atoms with Crippen molar-refractivity contribution in [2.75, 3.05) is 20.8 Å². The van der Waals surface area contributed by atoms with Crippen LogP contribution in [-0.4, -0.2) is 55.6 Å². The summed E-state index contributed by atoms with van der Waals surface area (Å²) in [5, 5.41) is 3.76. The highest BCUT2D eigenvalue weighted by molar-refractivity contribution is 5.84. The van der Waals surface area contributed by atoms with E-state index >= 15 is 0 Å². The van der Waals surface area contributed by atoms with E-state index in [1.165, 1.54) is 14.2 Å². The predicted octanol–water partition coefficient (Wildman–Crippen LogP) is 2.25. The molecule has 23 heavy (non-hydrogen) atoms. The van der Waals surface area contributed by atoms with Crippen LogP contribution in [0.4, 0.5) is 4.79 Å². The molecule has 0 aromatic carbocycles. The normalized spacial score (nSPS) is 19.3. The zero-order valence-electron chi connectivity index (χ0n) is 14.9. The van der Waals surface area contributed by atoms with Gasteiger partial charge in [-0.2, -0.15) is 0 Å². The third-order valence-corrected chi connectivity index (χ3v) is 3.62. The number of rotatable bonds is 7. The zero-order chi connectivity index (χ0) is 17.5. The Bertz CT molecular complexity index is 388. The first kappa shape index (κ1) is 19.7. The van der Waals surface area contributed by atoms with Crippen LogP contribution in [0.25, 0.3) is 0 Å². The minimum atomic E-state index is -0.670. The largest absolute Gasteiger partial charge is 0.444 e. The molecular weight excluding hydrogens is 300 g/mol. The molecule has 7 heteroatoms. The number of likely N-dealkylation sites (N-methyl/N-ethyl adjacent to an activating group) is 1. The molecule has 0 aromatic rings. The molecule has 1 heterocycles. The molecule has 0 aromatic heterocycles. The Morgan fingerprint density at radius 2 is 2.09 bits per heavy atom. The summed E-state index contributed by atoms with van der Waals surface area (Å²) >= 11 is 0. The van der Waals surface area contributed by atoms with Crippen LogP contribution >= 0.6 is 0 Å². The van der Waals surface area contributed by atoms with Crippen LogP contribution in [0.15, 0.2) is 0 Å². The highest BCUT2D eigenvalue weighted by Gasteiger charge is 2.27. The van der Waals surface area contributed by atoms with E-state index in [1.807, 2.05) is 0 Å². The van der Waals surface area contributed by atoms with Crippen molar-refractivity contribution in [2.24, 2.45) is 0 Å². The van der Waals surface area contributed by atoms with E-state index in [2.05, 4.69) is 5.32 Å². The molecule has 0 bridgehead atoms. The van der Waals surface area contributed by atoms with Crippen LogP contribution in [0.5, 0.6) is 0 Å². The second kappa shape index (κ2) is 9.08. The van der Waals surface area contributed by atoms with Gasteiger partial charge in [0.05, 0.1) is 13.2 Å². The van der Waals surface area contributed by atoms with Gasteiger partial charge in [0.25, 0.3) is 5.91 Å². The SMILES string of the molecule is CON(C)C(=O)[C@H](CCCC1CCCO1)NC(=O)OC(C)(C)C. The molecule has 1 saturated heterocycles. The molecule has 1 aliphatic heterocycles. The molecular formula is C16H30N2O5. The Hall–Kier alpha value is -1.34. The summed E-state index contributed by atoms with van der Waals surface area (Å²) in [6.07, 6.45) is 4.02. The summed E-state index contributed by atoms with van der Waals surface area (Å²) in [6.45, 7) is 6.15. The van der Waals surface area contributed by atoms with Gasteiger partial charge in [0, 0.05) is 13.7 Å². The van der Waals surface area contributed by atoms with Gasteiger partial charge >= 0.3 is 6.09 Å². The Labute approximate surface area is 138 Å². The number of hydrogen-bond acceptors (Lipinski definition) is 5. The zero-order valence-corrected chi connectivity index (χ0v) is 14.9. The molecule has 1 rings (SSSR count). The van der Waals surface area contributed by atoms with Gasteiger partial charge in [0.15, 0.2) is 0 Å². The number of carbonyl (C=O) groups excluding carboxylic acids is 2. The Morgan fingerprint density at radius 1 is 1.39 bits per heavy atom. The molecule has 134 valence electrons. The number of carbonyl (C=O) groups is 2. The minimum Gasteiger partial charge on any atom is -0.444 e. The van der Waals surface area contributed by atoms with Crippen LogP contribution in [-0.2, 0) is 19.1 Å². The lowest BCUT2D eigenvalue weighted by atomic mass is 10.0. The van der Waals surface area contributed by atoms with E-state index in [-0.39, 0.29) is 12.0 Å². The quantitative estimate of drug-likeness (QED) is 0.725. The number of hydroxylamine groups is 2. The summed E-state index contributed by atoms with van der Waals surface area (Å²) in [4.78, 5) is 29.2. The average molecular weight is 330 g/mol. The van der Waals surface area contributed by atoms with E-state index in [4.69, 9.17) is 14.3 Å². The highest BCUT2D eigenvalue weighted by Crippen LogP contribution is 2.18. The molecule has 0 aliphatic carbocycles. The van der Waals surface area contributed by atoms with Crippen molar-refractivity contribution in [3.8, 4) is 0 Å². The minimum absolute atomic E-state index is 0.271. The molecule has 0 spiro atoms. The van der Waals surface area contributed by atoms with E-state index in [0.29, 0.717) is 6.42 Å². The van der Waals surface area contributed by atoms with E-state index in [9.17, 15) is 9.59 Å². The third kappa shape index (κ3) is 7.65. The summed E-state index contributed by atoms with van der Waals surface area (Å²) in [5.74, 6) is -0.300. The Morgan fingerprint density at radius 3 is 2.61 bits per heavy atom. The van der Waals surface area contributed by atoms with Gasteiger partial charge in [-0.15, -0.1) is 0 Å². The van der Waals surface area contributed by atoms with Crippen LogP contribution < -0.4 is 5.32 Å². The van der Waals surface area contributed by atoms with Crippen molar-refractivity contribution in [2.45, 2.75) is 70.6 Å². The molecule has 0 saturated carbocycles. The van der Waals surface area contributed by atoms with E-state index in [1.54, 1.807) is 20.8 Å². The lowest BCUT2D eigenvalue weighted by Gasteiger charge is -2.25. The molecule has 2 atom stereocenters. The molecule has 2 amide bonds. The van der Waals surface area contributed by atoms with Crippen LogP contribution in [0.3, 0.4) is 0 Å². The summed E-state index contributed by atoms with van der Waals surface area (Å²) < 4.78 is 10.8. The maximum atomic E-state index is 12.3. The molecule has 1 aliphatic rings. The second-order valence-electron chi connectivity index (χ2n) is 6.78. The first-order chi connectivity index (χ1) is 10.7. The summed E-state index contributed by atoms with van der Waals surface area (Å²) in [5.41, 5.74) is -0.609. The number of nitrogens with zero attached hydrogens (tertiary/aromatic N) is 1. The van der Waals surface area contributed by atoms with Crippen molar-refractivity contribution in [3.05, 3.63) is 0 Å². The Kier molecular flexibility index (Phi) is 7.78. The first-order valence-corrected chi connectivity index (χ1v) is 8.15. The van der Waals surface area contributed by atoms with Crippen molar-refractivity contribution < 1.29 is 23.9 Å². The second-order valence-corrected chi connectivity index (χ2v) is 6.78. The van der Waals surface area contributed by atoms with Gasteiger partial charge in [0.1, 0.15) is 11.6 Å². The average Bonchev–Trinajstić information content (AvgIpc) is 2.95. The van der Waals surface area contributed by atoms with Crippen LogP contribution in [0, 0.1) is 0 Å². The number of hydrogen-bond donors (Lipinski definition) is 1. The maximum Gasteiger partial charge on any atom is 0.408 e. The van der Waals surface area contributed by atoms with Crippen molar-refractivity contribution in [3.63, 3.8) is 0 Å². The van der Waals surface area contributed by atoms with Crippen LogP contribution in [0.2, 0.25) is 0 Å². The molecule has 7 nitrogen and oxygen atoms in total. The Balaban J connectivity index is 2.53. The molecule has 1 fully saturated rings. The monoisotopic (exact) mass is 330 g/mol. The summed E-state index contributed by atoms with van der Waals surface area (Å²) in [7, 11) is 2.93. The fourth-order valence-corrected chi connectivity index (χ4v) is 2.44. The predicted molar refractivity (Wildman–Crippen MR) is 85.8 cm³/mol. The number of nitrogens with one attached hydrogen (secondary N) is 1. The van der Waals surface area contributed by atoms with Gasteiger partial charge in [-0.25, -0.2) is 9.86 Å². The lowest BCUT2D eigenvalue weighted by molar-refractivity contribution is -0.171. The molecule has 1 unspecified atom stereocenters. The van der Waals surface area contributed by atoms with Gasteiger partial charge in [0.2, 0.25) is 0 Å². The first-order valence-electron chi connectivity index (χ1n) is 8.15. The van der Waals surface area contributed by atoms with E-state index < -0.39 is 17.7 Å². The number of alkyl carbamates (subject to hydrolysis) is 1. The fourth-order valence-electron chi connectivity index (χ4n) is 2.44.